The van der Waals surface area contributed by atoms with Crippen LogP contribution >= 0.6 is 0 Å². The van der Waals surface area contributed by atoms with Gasteiger partial charge in [0.05, 0.1) is 29.9 Å². The number of hydrogen-bond acceptors (Lipinski definition) is 4. The fourth-order valence-electron chi connectivity index (χ4n) is 2.91. The van der Waals surface area contributed by atoms with Crippen LogP contribution in [0.25, 0.3) is 10.9 Å². The van der Waals surface area contributed by atoms with E-state index >= 15 is 0 Å². The highest BCUT2D eigenvalue weighted by Crippen LogP contribution is 2.25. The van der Waals surface area contributed by atoms with Crippen LogP contribution in [-0.2, 0) is 4.79 Å². The van der Waals surface area contributed by atoms with Crippen LogP contribution in [0.3, 0.4) is 0 Å². The molecule has 0 saturated carbocycles. The predicted octanol–water partition coefficient (Wildman–Crippen LogP) is 3.69. The number of benzene rings is 2. The summed E-state index contributed by atoms with van der Waals surface area (Å²) in [5.74, 6) is 0.376. The largest absolute Gasteiger partial charge is 0.497 e. The van der Waals surface area contributed by atoms with Crippen LogP contribution in [0.4, 0.5) is 5.69 Å². The molecule has 0 aliphatic heterocycles. The Kier molecular flexibility index (Phi) is 5.35. The molecule has 0 aliphatic rings. The minimum absolute atomic E-state index is 0.176. The highest BCUT2D eigenvalue weighted by atomic mass is 16.5. The van der Waals surface area contributed by atoms with Gasteiger partial charge in [-0.1, -0.05) is 24.3 Å². The third-order valence-electron chi connectivity index (χ3n) is 4.29. The van der Waals surface area contributed by atoms with Crippen molar-refractivity contribution >= 4 is 28.4 Å². The van der Waals surface area contributed by atoms with Crippen LogP contribution in [0.5, 0.6) is 5.75 Å². The number of pyridine rings is 1. The summed E-state index contributed by atoms with van der Waals surface area (Å²) in [6.07, 6.45) is 1.57. The maximum atomic E-state index is 12.8. The molecule has 0 spiro atoms. The number of methoxy groups -OCH3 is 1. The van der Waals surface area contributed by atoms with E-state index in [9.17, 15) is 9.59 Å². The third-order valence-corrected chi connectivity index (χ3v) is 4.29. The highest BCUT2D eigenvalue weighted by Gasteiger charge is 2.16. The van der Waals surface area contributed by atoms with E-state index in [1.54, 1.807) is 31.5 Å². The molecule has 3 aromatic rings. The number of rotatable bonds is 5. The number of nitrogens with one attached hydrogen (secondary N) is 2. The lowest BCUT2D eigenvalue weighted by Crippen LogP contribution is -2.26. The lowest BCUT2D eigenvalue weighted by molar-refractivity contribution is -0.114. The van der Waals surface area contributed by atoms with Crippen LogP contribution in [0.2, 0.25) is 0 Å². The van der Waals surface area contributed by atoms with Crippen molar-refractivity contribution in [2.24, 2.45) is 0 Å². The Morgan fingerprint density at radius 3 is 2.48 bits per heavy atom. The number of carbonyl (C=O) groups excluding carboxylic acids is 2. The van der Waals surface area contributed by atoms with Gasteiger partial charge in [0.25, 0.3) is 5.91 Å². The minimum Gasteiger partial charge on any atom is -0.497 e. The van der Waals surface area contributed by atoms with Crippen molar-refractivity contribution in [3.8, 4) is 5.75 Å². The molecular weight excluding hydrogens is 342 g/mol. The lowest BCUT2D eigenvalue weighted by atomic mass is 10.1. The van der Waals surface area contributed by atoms with E-state index in [1.807, 2.05) is 37.3 Å². The van der Waals surface area contributed by atoms with Gasteiger partial charge >= 0.3 is 0 Å². The van der Waals surface area contributed by atoms with E-state index in [0.29, 0.717) is 22.2 Å². The number of amides is 2. The maximum absolute atomic E-state index is 12.8. The summed E-state index contributed by atoms with van der Waals surface area (Å²) in [6, 6.07) is 14.4. The van der Waals surface area contributed by atoms with Gasteiger partial charge in [0.2, 0.25) is 5.91 Å². The van der Waals surface area contributed by atoms with Gasteiger partial charge in [-0.15, -0.1) is 0 Å². The van der Waals surface area contributed by atoms with Gasteiger partial charge in [-0.05, 0) is 36.8 Å². The normalized spacial score (nSPS) is 11.7. The number of anilines is 1. The van der Waals surface area contributed by atoms with Gasteiger partial charge in [-0.2, -0.15) is 0 Å². The van der Waals surface area contributed by atoms with Crippen molar-refractivity contribution in [1.29, 1.82) is 0 Å². The van der Waals surface area contributed by atoms with Gasteiger partial charge in [-0.3, -0.25) is 14.6 Å². The molecule has 2 N–H and O–H groups in total. The molecule has 0 bridgehead atoms. The SMILES string of the molecule is COc1ccc([C@H](C)NC(=O)c2ccnc3c(NC(C)=O)cccc23)cc1. The first-order valence-electron chi connectivity index (χ1n) is 8.59. The molecule has 0 radical (unpaired) electrons. The average molecular weight is 363 g/mol. The van der Waals surface area contributed by atoms with Crippen molar-refractivity contribution < 1.29 is 14.3 Å². The van der Waals surface area contributed by atoms with Crippen molar-refractivity contribution in [1.82, 2.24) is 10.3 Å². The molecule has 2 amide bonds. The van der Waals surface area contributed by atoms with Crippen LogP contribution in [0.1, 0.15) is 35.8 Å². The summed E-state index contributed by atoms with van der Waals surface area (Å²) in [7, 11) is 1.62. The number of carbonyl (C=O) groups is 2. The summed E-state index contributed by atoms with van der Waals surface area (Å²) in [5, 5.41) is 6.44. The zero-order valence-electron chi connectivity index (χ0n) is 15.4. The van der Waals surface area contributed by atoms with E-state index in [4.69, 9.17) is 4.74 Å². The predicted molar refractivity (Wildman–Crippen MR) is 105 cm³/mol. The highest BCUT2D eigenvalue weighted by molar-refractivity contribution is 6.10. The molecule has 27 heavy (non-hydrogen) atoms. The summed E-state index contributed by atoms with van der Waals surface area (Å²) in [4.78, 5) is 28.6. The van der Waals surface area contributed by atoms with E-state index in [0.717, 1.165) is 11.3 Å². The molecule has 1 heterocycles. The molecule has 2 aromatic carbocycles. The summed E-state index contributed by atoms with van der Waals surface area (Å²) in [5.41, 5.74) is 2.64. The molecule has 6 nitrogen and oxygen atoms in total. The number of nitrogens with zero attached hydrogens (tertiary/aromatic N) is 1. The molecule has 0 unspecified atom stereocenters. The molecule has 6 heteroatoms. The number of ether oxygens (including phenoxy) is 1. The number of para-hydroxylation sites is 1. The van der Waals surface area contributed by atoms with Crippen LogP contribution in [0.15, 0.2) is 54.7 Å². The smallest absolute Gasteiger partial charge is 0.252 e. The molecule has 0 aliphatic carbocycles. The Balaban J connectivity index is 1.87. The van der Waals surface area contributed by atoms with Crippen molar-refractivity contribution in [3.05, 3.63) is 65.9 Å². The van der Waals surface area contributed by atoms with Crippen molar-refractivity contribution in [2.45, 2.75) is 19.9 Å². The van der Waals surface area contributed by atoms with E-state index < -0.39 is 0 Å². The van der Waals surface area contributed by atoms with E-state index in [-0.39, 0.29) is 17.9 Å². The third kappa shape index (κ3) is 4.06. The standard InChI is InChI=1S/C21H21N3O3/c1-13(15-7-9-16(27-3)10-8-15)23-21(26)18-11-12-22-20-17(18)5-4-6-19(20)24-14(2)25/h4-13H,1-3H3,(H,23,26)(H,24,25)/t13-/m0/s1. The molecule has 3 rings (SSSR count). The first kappa shape index (κ1) is 18.4. The van der Waals surface area contributed by atoms with Crippen molar-refractivity contribution in [2.75, 3.05) is 12.4 Å². The fourth-order valence-corrected chi connectivity index (χ4v) is 2.91. The van der Waals surface area contributed by atoms with Gasteiger partial charge in [0.15, 0.2) is 0 Å². The second-order valence-corrected chi connectivity index (χ2v) is 6.21. The number of fused-ring (bicyclic) bond motifs is 1. The van der Waals surface area contributed by atoms with Crippen molar-refractivity contribution in [3.63, 3.8) is 0 Å². The Morgan fingerprint density at radius 1 is 1.07 bits per heavy atom. The molecule has 0 saturated heterocycles. The van der Waals surface area contributed by atoms with Crippen LogP contribution < -0.4 is 15.4 Å². The Labute approximate surface area is 157 Å². The summed E-state index contributed by atoms with van der Waals surface area (Å²) < 4.78 is 5.16. The van der Waals surface area contributed by atoms with Gasteiger partial charge in [0, 0.05) is 18.5 Å². The quantitative estimate of drug-likeness (QED) is 0.724. The summed E-state index contributed by atoms with van der Waals surface area (Å²) >= 11 is 0. The molecular formula is C21H21N3O3. The maximum Gasteiger partial charge on any atom is 0.252 e. The molecule has 138 valence electrons. The molecule has 1 atom stereocenters. The van der Waals surface area contributed by atoms with Crippen LogP contribution in [-0.4, -0.2) is 23.9 Å². The van der Waals surface area contributed by atoms with Crippen LogP contribution in [0, 0.1) is 0 Å². The second kappa shape index (κ2) is 7.86. The fraction of sp³-hybridized carbons (Fsp3) is 0.190. The van der Waals surface area contributed by atoms with Gasteiger partial charge < -0.3 is 15.4 Å². The topological polar surface area (TPSA) is 80.3 Å². The zero-order chi connectivity index (χ0) is 19.4. The number of aromatic nitrogens is 1. The Hall–Kier alpha value is -3.41. The van der Waals surface area contributed by atoms with Gasteiger partial charge in [-0.25, -0.2) is 0 Å². The minimum atomic E-state index is -0.203. The molecule has 1 aromatic heterocycles. The first-order valence-corrected chi connectivity index (χ1v) is 8.59. The monoisotopic (exact) mass is 363 g/mol. The van der Waals surface area contributed by atoms with E-state index in [2.05, 4.69) is 15.6 Å². The average Bonchev–Trinajstić information content (AvgIpc) is 2.67. The lowest BCUT2D eigenvalue weighted by Gasteiger charge is -2.16. The molecule has 0 fully saturated rings. The Morgan fingerprint density at radius 2 is 1.81 bits per heavy atom. The zero-order valence-corrected chi connectivity index (χ0v) is 15.4. The number of hydrogen-bond donors (Lipinski definition) is 2. The Bertz CT molecular complexity index is 984. The second-order valence-electron chi connectivity index (χ2n) is 6.21. The van der Waals surface area contributed by atoms with E-state index in [1.165, 1.54) is 6.92 Å². The first-order chi connectivity index (χ1) is 13.0. The summed E-state index contributed by atoms with van der Waals surface area (Å²) in [6.45, 7) is 3.36. The van der Waals surface area contributed by atoms with Gasteiger partial charge in [0.1, 0.15) is 5.75 Å².